The number of halogens is 1. The van der Waals surface area contributed by atoms with Gasteiger partial charge in [0.25, 0.3) is 0 Å². The lowest BCUT2D eigenvalue weighted by molar-refractivity contribution is 0.129. The van der Waals surface area contributed by atoms with Crippen molar-refractivity contribution in [1.29, 1.82) is 0 Å². The molecule has 0 unspecified atom stereocenters. The SMILES string of the molecule is CCCOCCCn1c(N)nc2c(F)cccc21. The number of nitrogens with two attached hydrogens (primary N) is 1. The molecule has 5 heteroatoms. The van der Waals surface area contributed by atoms with Crippen LogP contribution in [0.25, 0.3) is 11.0 Å². The van der Waals surface area contributed by atoms with Gasteiger partial charge in [-0.25, -0.2) is 9.37 Å². The summed E-state index contributed by atoms with van der Waals surface area (Å²) in [5.41, 5.74) is 6.88. The molecule has 1 aromatic carbocycles. The summed E-state index contributed by atoms with van der Waals surface area (Å²) in [7, 11) is 0. The van der Waals surface area contributed by atoms with Crippen LogP contribution >= 0.6 is 0 Å². The zero-order valence-corrected chi connectivity index (χ0v) is 10.5. The van der Waals surface area contributed by atoms with E-state index in [4.69, 9.17) is 10.5 Å². The number of imidazole rings is 1. The number of para-hydroxylation sites is 1. The molecule has 0 aliphatic rings. The number of nitrogen functional groups attached to an aromatic ring is 1. The fourth-order valence-corrected chi connectivity index (χ4v) is 1.94. The minimum atomic E-state index is -0.333. The van der Waals surface area contributed by atoms with E-state index in [1.807, 2.05) is 10.6 Å². The van der Waals surface area contributed by atoms with Gasteiger partial charge in [0.15, 0.2) is 5.82 Å². The normalized spacial score (nSPS) is 11.2. The Bertz CT molecular complexity index is 524. The van der Waals surface area contributed by atoms with Crippen molar-refractivity contribution >= 4 is 17.0 Å². The third-order valence-corrected chi connectivity index (χ3v) is 2.78. The summed E-state index contributed by atoms with van der Waals surface area (Å²) in [6, 6.07) is 4.89. The largest absolute Gasteiger partial charge is 0.381 e. The molecular weight excluding hydrogens is 233 g/mol. The van der Waals surface area contributed by atoms with E-state index in [0.29, 0.717) is 24.6 Å². The fraction of sp³-hybridized carbons (Fsp3) is 0.462. The number of nitrogens with zero attached hydrogens (tertiary/aromatic N) is 2. The van der Waals surface area contributed by atoms with Gasteiger partial charge in [-0.3, -0.25) is 0 Å². The Hall–Kier alpha value is -1.62. The summed E-state index contributed by atoms with van der Waals surface area (Å²) in [5, 5.41) is 0. The highest BCUT2D eigenvalue weighted by Crippen LogP contribution is 2.20. The second kappa shape index (κ2) is 5.82. The van der Waals surface area contributed by atoms with E-state index in [9.17, 15) is 4.39 Å². The summed E-state index contributed by atoms with van der Waals surface area (Å²) >= 11 is 0. The molecule has 18 heavy (non-hydrogen) atoms. The van der Waals surface area contributed by atoms with Crippen molar-refractivity contribution in [2.24, 2.45) is 0 Å². The van der Waals surface area contributed by atoms with Crippen LogP contribution in [0.4, 0.5) is 10.3 Å². The molecule has 1 heterocycles. The van der Waals surface area contributed by atoms with Crippen LogP contribution in [0, 0.1) is 5.82 Å². The number of ether oxygens (including phenoxy) is 1. The third kappa shape index (κ3) is 2.61. The van der Waals surface area contributed by atoms with Crippen LogP contribution < -0.4 is 5.73 Å². The summed E-state index contributed by atoms with van der Waals surface area (Å²) in [5.74, 6) is 0.0192. The van der Waals surface area contributed by atoms with Crippen molar-refractivity contribution in [3.8, 4) is 0 Å². The smallest absolute Gasteiger partial charge is 0.201 e. The van der Waals surface area contributed by atoms with Crippen LogP contribution in [0.5, 0.6) is 0 Å². The predicted octanol–water partition coefficient (Wildman–Crippen LogP) is 2.57. The first kappa shape index (κ1) is 12.8. The molecule has 0 aliphatic carbocycles. The Balaban J connectivity index is 2.08. The van der Waals surface area contributed by atoms with Gasteiger partial charge in [0.05, 0.1) is 5.52 Å². The van der Waals surface area contributed by atoms with Gasteiger partial charge in [-0.2, -0.15) is 0 Å². The van der Waals surface area contributed by atoms with E-state index in [1.165, 1.54) is 6.07 Å². The van der Waals surface area contributed by atoms with E-state index in [-0.39, 0.29) is 5.82 Å². The number of hydrogen-bond acceptors (Lipinski definition) is 3. The molecule has 4 nitrogen and oxygen atoms in total. The van der Waals surface area contributed by atoms with Gasteiger partial charge in [0.1, 0.15) is 5.52 Å². The van der Waals surface area contributed by atoms with Crippen molar-refractivity contribution < 1.29 is 9.13 Å². The maximum absolute atomic E-state index is 13.5. The number of rotatable bonds is 6. The van der Waals surface area contributed by atoms with Crippen molar-refractivity contribution in [3.05, 3.63) is 24.0 Å². The molecule has 0 fully saturated rings. The number of hydrogen-bond donors (Lipinski definition) is 1. The molecule has 2 N–H and O–H groups in total. The molecule has 0 bridgehead atoms. The second-order valence-corrected chi connectivity index (χ2v) is 4.20. The third-order valence-electron chi connectivity index (χ3n) is 2.78. The molecule has 0 radical (unpaired) electrons. The van der Waals surface area contributed by atoms with Gasteiger partial charge in [-0.15, -0.1) is 0 Å². The van der Waals surface area contributed by atoms with Crippen LogP contribution in [0.2, 0.25) is 0 Å². The molecule has 0 saturated carbocycles. The maximum Gasteiger partial charge on any atom is 0.201 e. The van der Waals surface area contributed by atoms with Gasteiger partial charge < -0.3 is 15.0 Å². The topological polar surface area (TPSA) is 53.1 Å². The first-order chi connectivity index (χ1) is 8.74. The molecule has 2 rings (SSSR count). The quantitative estimate of drug-likeness (QED) is 0.803. The zero-order valence-electron chi connectivity index (χ0n) is 10.5. The number of aryl methyl sites for hydroxylation is 1. The van der Waals surface area contributed by atoms with Crippen LogP contribution in [0.1, 0.15) is 19.8 Å². The lowest BCUT2D eigenvalue weighted by atomic mass is 10.3. The van der Waals surface area contributed by atoms with E-state index in [1.54, 1.807) is 6.07 Å². The molecule has 0 amide bonds. The van der Waals surface area contributed by atoms with Crippen LogP contribution in [-0.2, 0) is 11.3 Å². The Morgan fingerprint density at radius 1 is 1.39 bits per heavy atom. The monoisotopic (exact) mass is 251 g/mol. The average Bonchev–Trinajstić information content (AvgIpc) is 2.68. The Morgan fingerprint density at radius 2 is 2.22 bits per heavy atom. The molecule has 1 aromatic heterocycles. The van der Waals surface area contributed by atoms with Crippen molar-refractivity contribution in [3.63, 3.8) is 0 Å². The second-order valence-electron chi connectivity index (χ2n) is 4.20. The highest BCUT2D eigenvalue weighted by molar-refractivity contribution is 5.78. The Morgan fingerprint density at radius 3 is 3.00 bits per heavy atom. The van der Waals surface area contributed by atoms with Crippen molar-refractivity contribution in [2.75, 3.05) is 18.9 Å². The Kier molecular flexibility index (Phi) is 4.15. The molecule has 0 atom stereocenters. The number of aromatic nitrogens is 2. The maximum atomic E-state index is 13.5. The average molecular weight is 251 g/mol. The first-order valence-corrected chi connectivity index (χ1v) is 6.22. The van der Waals surface area contributed by atoms with Crippen LogP contribution in [0.3, 0.4) is 0 Å². The summed E-state index contributed by atoms with van der Waals surface area (Å²) in [6.45, 7) is 4.22. The van der Waals surface area contributed by atoms with Crippen molar-refractivity contribution in [1.82, 2.24) is 9.55 Å². The minimum Gasteiger partial charge on any atom is -0.381 e. The number of anilines is 1. The van der Waals surface area contributed by atoms with E-state index < -0.39 is 0 Å². The summed E-state index contributed by atoms with van der Waals surface area (Å²) < 4.78 is 20.7. The molecule has 2 aromatic rings. The standard InChI is InChI=1S/C13H18FN3O/c1-2-8-18-9-4-7-17-11-6-3-5-10(14)12(11)16-13(17)15/h3,5-6H,2,4,7-9H2,1H3,(H2,15,16). The van der Waals surface area contributed by atoms with Gasteiger partial charge in [-0.05, 0) is 25.0 Å². The van der Waals surface area contributed by atoms with Gasteiger partial charge >= 0.3 is 0 Å². The molecule has 98 valence electrons. The highest BCUT2D eigenvalue weighted by atomic mass is 19.1. The van der Waals surface area contributed by atoms with Gasteiger partial charge in [-0.1, -0.05) is 13.0 Å². The fourth-order valence-electron chi connectivity index (χ4n) is 1.94. The van der Waals surface area contributed by atoms with Gasteiger partial charge in [0, 0.05) is 19.8 Å². The first-order valence-electron chi connectivity index (χ1n) is 6.22. The van der Waals surface area contributed by atoms with Crippen molar-refractivity contribution in [2.45, 2.75) is 26.3 Å². The van der Waals surface area contributed by atoms with E-state index in [2.05, 4.69) is 11.9 Å². The molecular formula is C13H18FN3O. The van der Waals surface area contributed by atoms with E-state index >= 15 is 0 Å². The highest BCUT2D eigenvalue weighted by Gasteiger charge is 2.10. The Labute approximate surface area is 106 Å². The molecule has 0 saturated heterocycles. The minimum absolute atomic E-state index is 0.333. The van der Waals surface area contributed by atoms with Crippen LogP contribution in [0.15, 0.2) is 18.2 Å². The summed E-state index contributed by atoms with van der Waals surface area (Å²) in [6.07, 6.45) is 1.85. The summed E-state index contributed by atoms with van der Waals surface area (Å²) in [4.78, 5) is 4.05. The lowest BCUT2D eigenvalue weighted by Crippen LogP contribution is -2.06. The van der Waals surface area contributed by atoms with E-state index in [0.717, 1.165) is 25.0 Å². The predicted molar refractivity (Wildman–Crippen MR) is 69.8 cm³/mol. The number of fused-ring (bicyclic) bond motifs is 1. The van der Waals surface area contributed by atoms with Crippen LogP contribution in [-0.4, -0.2) is 22.8 Å². The molecule has 0 aliphatic heterocycles. The molecule has 0 spiro atoms. The number of benzene rings is 1. The zero-order chi connectivity index (χ0) is 13.0. The lowest BCUT2D eigenvalue weighted by Gasteiger charge is -2.06. The van der Waals surface area contributed by atoms with Gasteiger partial charge in [0.2, 0.25) is 5.95 Å².